The SMILES string of the molecule is C[C@H]1CCN(Cc2cccc(Cl)c2Cl)CCS1(=O)=O. The van der Waals surface area contributed by atoms with Gasteiger partial charge >= 0.3 is 0 Å². The molecule has 0 bridgehead atoms. The molecule has 0 saturated carbocycles. The summed E-state index contributed by atoms with van der Waals surface area (Å²) >= 11 is 12.1. The number of halogens is 2. The van der Waals surface area contributed by atoms with Crippen molar-refractivity contribution >= 4 is 33.0 Å². The number of hydrogen-bond donors (Lipinski definition) is 0. The molecule has 1 aliphatic rings. The molecule has 0 radical (unpaired) electrons. The summed E-state index contributed by atoms with van der Waals surface area (Å²) in [5.74, 6) is 0.215. The predicted molar refractivity (Wildman–Crippen MR) is 79.6 cm³/mol. The van der Waals surface area contributed by atoms with Crippen molar-refractivity contribution in [3.63, 3.8) is 0 Å². The van der Waals surface area contributed by atoms with Crippen LogP contribution in [0.25, 0.3) is 0 Å². The lowest BCUT2D eigenvalue weighted by Crippen LogP contribution is -2.26. The van der Waals surface area contributed by atoms with Crippen molar-refractivity contribution in [2.45, 2.75) is 25.1 Å². The van der Waals surface area contributed by atoms with E-state index >= 15 is 0 Å². The molecule has 1 aromatic carbocycles. The zero-order valence-electron chi connectivity index (χ0n) is 10.8. The summed E-state index contributed by atoms with van der Waals surface area (Å²) < 4.78 is 23.7. The maximum atomic E-state index is 11.8. The van der Waals surface area contributed by atoms with Gasteiger partial charge in [0.25, 0.3) is 0 Å². The van der Waals surface area contributed by atoms with Crippen molar-refractivity contribution in [2.24, 2.45) is 0 Å². The molecule has 19 heavy (non-hydrogen) atoms. The van der Waals surface area contributed by atoms with Crippen LogP contribution in [0.4, 0.5) is 0 Å². The highest BCUT2D eigenvalue weighted by Gasteiger charge is 2.26. The Morgan fingerprint density at radius 3 is 2.79 bits per heavy atom. The average molecular weight is 322 g/mol. The normalized spacial score (nSPS) is 24.1. The Balaban J connectivity index is 2.10. The number of hydrogen-bond acceptors (Lipinski definition) is 3. The van der Waals surface area contributed by atoms with Crippen LogP contribution in [-0.4, -0.2) is 37.4 Å². The van der Waals surface area contributed by atoms with Gasteiger partial charge in [-0.25, -0.2) is 8.42 Å². The van der Waals surface area contributed by atoms with Crippen molar-refractivity contribution in [1.29, 1.82) is 0 Å². The second-order valence-corrected chi connectivity index (χ2v) is 8.28. The van der Waals surface area contributed by atoms with Crippen LogP contribution in [0.3, 0.4) is 0 Å². The van der Waals surface area contributed by atoms with E-state index in [1.165, 1.54) is 0 Å². The lowest BCUT2D eigenvalue weighted by Gasteiger charge is -2.20. The Kier molecular flexibility index (Phi) is 4.77. The molecule has 106 valence electrons. The third kappa shape index (κ3) is 3.63. The van der Waals surface area contributed by atoms with Crippen LogP contribution >= 0.6 is 23.2 Å². The van der Waals surface area contributed by atoms with Gasteiger partial charge in [-0.05, 0) is 31.5 Å². The van der Waals surface area contributed by atoms with Crippen LogP contribution in [0.5, 0.6) is 0 Å². The van der Waals surface area contributed by atoms with Gasteiger partial charge < -0.3 is 0 Å². The van der Waals surface area contributed by atoms with E-state index in [1.54, 1.807) is 13.0 Å². The molecule has 0 N–H and O–H groups in total. The fourth-order valence-electron chi connectivity index (χ4n) is 2.18. The molecular weight excluding hydrogens is 305 g/mol. The lowest BCUT2D eigenvalue weighted by molar-refractivity contribution is 0.283. The molecule has 1 saturated heterocycles. The van der Waals surface area contributed by atoms with Crippen molar-refractivity contribution in [2.75, 3.05) is 18.8 Å². The molecule has 2 rings (SSSR count). The Bertz CT molecular complexity index is 560. The first kappa shape index (κ1) is 15.1. The van der Waals surface area contributed by atoms with E-state index in [4.69, 9.17) is 23.2 Å². The monoisotopic (exact) mass is 321 g/mol. The number of nitrogens with zero attached hydrogens (tertiary/aromatic N) is 1. The third-order valence-corrected chi connectivity index (χ3v) is 6.65. The molecule has 1 heterocycles. The van der Waals surface area contributed by atoms with E-state index in [2.05, 4.69) is 4.90 Å². The smallest absolute Gasteiger partial charge is 0.154 e. The average Bonchev–Trinajstić information content (AvgIpc) is 2.48. The molecule has 6 heteroatoms. The van der Waals surface area contributed by atoms with Gasteiger partial charge in [0.15, 0.2) is 9.84 Å². The third-order valence-electron chi connectivity index (χ3n) is 3.58. The van der Waals surface area contributed by atoms with Gasteiger partial charge in [-0.3, -0.25) is 4.90 Å². The van der Waals surface area contributed by atoms with Gasteiger partial charge in [-0.1, -0.05) is 35.3 Å². The molecule has 1 aliphatic heterocycles. The van der Waals surface area contributed by atoms with Gasteiger partial charge in [0.05, 0.1) is 21.0 Å². The summed E-state index contributed by atoms with van der Waals surface area (Å²) in [5.41, 5.74) is 0.945. The molecule has 1 aromatic rings. The number of rotatable bonds is 2. The number of sulfone groups is 1. The maximum Gasteiger partial charge on any atom is 0.154 e. The largest absolute Gasteiger partial charge is 0.298 e. The summed E-state index contributed by atoms with van der Waals surface area (Å²) in [6.45, 7) is 3.74. The van der Waals surface area contributed by atoms with Crippen LogP contribution in [0.15, 0.2) is 18.2 Å². The van der Waals surface area contributed by atoms with Crippen molar-refractivity contribution in [1.82, 2.24) is 4.90 Å². The molecule has 0 aromatic heterocycles. The molecule has 0 amide bonds. The summed E-state index contributed by atoms with van der Waals surface area (Å²) in [4.78, 5) is 2.12. The first-order chi connectivity index (χ1) is 8.90. The summed E-state index contributed by atoms with van der Waals surface area (Å²) in [6, 6.07) is 5.54. The van der Waals surface area contributed by atoms with Gasteiger partial charge in [0.1, 0.15) is 0 Å². The van der Waals surface area contributed by atoms with Crippen LogP contribution in [0, 0.1) is 0 Å². The van der Waals surface area contributed by atoms with Crippen molar-refractivity contribution in [3.05, 3.63) is 33.8 Å². The standard InChI is InChI=1S/C13H17Cl2NO2S/c1-10-5-6-16(7-8-19(10,17)18)9-11-3-2-4-12(14)13(11)15/h2-4,10H,5-9H2,1H3/t10-/m0/s1. The Morgan fingerprint density at radius 2 is 2.05 bits per heavy atom. The van der Waals surface area contributed by atoms with E-state index < -0.39 is 9.84 Å². The fraction of sp³-hybridized carbons (Fsp3) is 0.538. The van der Waals surface area contributed by atoms with Crippen LogP contribution in [0.2, 0.25) is 10.0 Å². The Labute approximate surface area is 124 Å². The second kappa shape index (κ2) is 6.00. The van der Waals surface area contributed by atoms with Crippen LogP contribution in [-0.2, 0) is 16.4 Å². The zero-order chi connectivity index (χ0) is 14.0. The molecule has 1 atom stereocenters. The Morgan fingerprint density at radius 1 is 1.32 bits per heavy atom. The quantitative estimate of drug-likeness (QED) is 0.840. The first-order valence-corrected chi connectivity index (χ1v) is 8.74. The van der Waals surface area contributed by atoms with Crippen molar-refractivity contribution < 1.29 is 8.42 Å². The summed E-state index contributed by atoms with van der Waals surface area (Å²) in [5, 5.41) is 0.839. The van der Waals surface area contributed by atoms with E-state index in [9.17, 15) is 8.42 Å². The van der Waals surface area contributed by atoms with Gasteiger partial charge in [0, 0.05) is 13.1 Å². The highest BCUT2D eigenvalue weighted by molar-refractivity contribution is 7.92. The molecular formula is C13H17Cl2NO2S. The van der Waals surface area contributed by atoms with E-state index in [1.807, 2.05) is 12.1 Å². The first-order valence-electron chi connectivity index (χ1n) is 6.27. The lowest BCUT2D eigenvalue weighted by atomic mass is 10.2. The summed E-state index contributed by atoms with van der Waals surface area (Å²) in [6.07, 6.45) is 0.667. The fourth-order valence-corrected chi connectivity index (χ4v) is 3.94. The zero-order valence-corrected chi connectivity index (χ0v) is 13.1. The predicted octanol–water partition coefficient (Wildman–Crippen LogP) is 3.00. The van der Waals surface area contributed by atoms with Gasteiger partial charge in [0.2, 0.25) is 0 Å². The highest BCUT2D eigenvalue weighted by atomic mass is 35.5. The molecule has 0 spiro atoms. The highest BCUT2D eigenvalue weighted by Crippen LogP contribution is 2.27. The van der Waals surface area contributed by atoms with E-state index in [0.717, 1.165) is 12.1 Å². The minimum absolute atomic E-state index is 0.215. The molecule has 3 nitrogen and oxygen atoms in total. The van der Waals surface area contributed by atoms with Gasteiger partial charge in [-0.2, -0.15) is 0 Å². The number of benzene rings is 1. The Hall–Kier alpha value is -0.290. The minimum Gasteiger partial charge on any atom is -0.298 e. The molecule has 1 fully saturated rings. The van der Waals surface area contributed by atoms with Crippen molar-refractivity contribution in [3.8, 4) is 0 Å². The topological polar surface area (TPSA) is 37.4 Å². The van der Waals surface area contributed by atoms with Crippen LogP contribution < -0.4 is 0 Å². The van der Waals surface area contributed by atoms with E-state index in [-0.39, 0.29) is 11.0 Å². The summed E-state index contributed by atoms with van der Waals surface area (Å²) in [7, 11) is -2.94. The molecule has 0 aliphatic carbocycles. The second-order valence-electron chi connectivity index (χ2n) is 4.96. The maximum absolute atomic E-state index is 11.8. The van der Waals surface area contributed by atoms with Crippen LogP contribution in [0.1, 0.15) is 18.9 Å². The van der Waals surface area contributed by atoms with E-state index in [0.29, 0.717) is 29.6 Å². The van der Waals surface area contributed by atoms with Gasteiger partial charge in [-0.15, -0.1) is 0 Å². The minimum atomic E-state index is -2.94. The molecule has 0 unspecified atom stereocenters.